The lowest BCUT2D eigenvalue weighted by Gasteiger charge is -2.30. The molecule has 1 fully saturated rings. The number of carboxylic acid groups (broad SMARTS) is 1. The van der Waals surface area contributed by atoms with E-state index < -0.39 is 12.1 Å². The maximum Gasteiger partial charge on any atom is 0.334 e. The number of morpholine rings is 1. The van der Waals surface area contributed by atoms with Gasteiger partial charge in [-0.1, -0.05) is 0 Å². The van der Waals surface area contributed by atoms with Gasteiger partial charge in [0.25, 0.3) is 11.8 Å². The van der Waals surface area contributed by atoms with Crippen LogP contribution in [-0.2, 0) is 14.3 Å². The maximum atomic E-state index is 11.8. The topological polar surface area (TPSA) is 102 Å². The first-order chi connectivity index (χ1) is 9.06. The molecule has 2 rings (SSSR count). The maximum absolute atomic E-state index is 11.8. The van der Waals surface area contributed by atoms with Crippen molar-refractivity contribution in [2.24, 2.45) is 0 Å². The van der Waals surface area contributed by atoms with E-state index in [0.717, 1.165) is 0 Å². The monoisotopic (exact) mass is 270 g/mol. The molecule has 0 aliphatic carbocycles. The summed E-state index contributed by atoms with van der Waals surface area (Å²) in [6.07, 6.45) is -0.980. The zero-order valence-electron chi connectivity index (χ0n) is 10.4. The van der Waals surface area contributed by atoms with Gasteiger partial charge in [0, 0.05) is 12.6 Å². The van der Waals surface area contributed by atoms with Crippen molar-refractivity contribution in [2.75, 3.05) is 26.3 Å². The van der Waals surface area contributed by atoms with Crippen molar-refractivity contribution in [1.82, 2.24) is 10.1 Å². The highest BCUT2D eigenvalue weighted by molar-refractivity contribution is 5.79. The molecule has 2 heterocycles. The number of aromatic nitrogens is 1. The first-order valence-electron chi connectivity index (χ1n) is 5.74. The summed E-state index contributed by atoms with van der Waals surface area (Å²) in [5.74, 6) is -0.575. The van der Waals surface area contributed by atoms with Crippen LogP contribution in [0.1, 0.15) is 5.76 Å². The predicted molar refractivity (Wildman–Crippen MR) is 60.7 cm³/mol. The van der Waals surface area contributed by atoms with E-state index in [1.54, 1.807) is 13.0 Å². The fourth-order valence-electron chi connectivity index (χ4n) is 1.66. The Morgan fingerprint density at radius 2 is 2.42 bits per heavy atom. The van der Waals surface area contributed by atoms with Crippen molar-refractivity contribution >= 4 is 11.9 Å². The molecule has 104 valence electrons. The van der Waals surface area contributed by atoms with Gasteiger partial charge in [-0.3, -0.25) is 4.79 Å². The number of carbonyl (C=O) groups is 2. The first kappa shape index (κ1) is 13.3. The van der Waals surface area contributed by atoms with Crippen LogP contribution >= 0.6 is 0 Å². The van der Waals surface area contributed by atoms with E-state index in [0.29, 0.717) is 12.3 Å². The molecule has 8 nitrogen and oxygen atoms in total. The van der Waals surface area contributed by atoms with Gasteiger partial charge in [-0.05, 0) is 12.1 Å². The molecule has 1 saturated heterocycles. The van der Waals surface area contributed by atoms with Gasteiger partial charge in [0.1, 0.15) is 5.76 Å². The molecule has 8 heteroatoms. The van der Waals surface area contributed by atoms with Crippen LogP contribution in [0.4, 0.5) is 0 Å². The van der Waals surface area contributed by atoms with Gasteiger partial charge in [0.15, 0.2) is 12.7 Å². The first-order valence-corrected chi connectivity index (χ1v) is 5.74. The van der Waals surface area contributed by atoms with Crippen molar-refractivity contribution < 1.29 is 28.7 Å². The lowest BCUT2D eigenvalue weighted by atomic mass is 10.2. The van der Waals surface area contributed by atoms with E-state index in [1.807, 2.05) is 0 Å². The Labute approximate surface area is 108 Å². The Morgan fingerprint density at radius 1 is 1.63 bits per heavy atom. The lowest BCUT2D eigenvalue weighted by molar-refractivity contribution is -0.159. The van der Waals surface area contributed by atoms with E-state index in [1.165, 1.54) is 4.90 Å². The molecule has 0 aromatic carbocycles. The molecule has 0 bridgehead atoms. The molecule has 0 radical (unpaired) electrons. The fourth-order valence-corrected chi connectivity index (χ4v) is 1.66. The van der Waals surface area contributed by atoms with Gasteiger partial charge in [0.05, 0.1) is 13.2 Å². The number of aliphatic carboxylic acids is 1. The lowest BCUT2D eigenvalue weighted by Crippen LogP contribution is -2.49. The quantitative estimate of drug-likeness (QED) is 0.799. The highest BCUT2D eigenvalue weighted by Crippen LogP contribution is 2.11. The van der Waals surface area contributed by atoms with Crippen LogP contribution in [0.15, 0.2) is 10.6 Å². The number of hydrogen-bond donors (Lipinski definition) is 1. The number of rotatable bonds is 4. The predicted octanol–water partition coefficient (Wildman–Crippen LogP) is -0.326. The molecule has 1 N–H and O–H groups in total. The van der Waals surface area contributed by atoms with Crippen molar-refractivity contribution in [1.29, 1.82) is 0 Å². The molecular formula is C11H14N2O6. The summed E-state index contributed by atoms with van der Waals surface area (Å²) in [5.41, 5.74) is 0. The minimum absolute atomic E-state index is 0.0232. The van der Waals surface area contributed by atoms with Gasteiger partial charge in [-0.25, -0.2) is 4.79 Å². The molecule has 19 heavy (non-hydrogen) atoms. The summed E-state index contributed by atoms with van der Waals surface area (Å²) >= 11 is 0. The normalized spacial score (nSPS) is 19.2. The van der Waals surface area contributed by atoms with Crippen molar-refractivity contribution in [2.45, 2.75) is 13.0 Å². The van der Waals surface area contributed by atoms with Gasteiger partial charge >= 0.3 is 5.97 Å². The van der Waals surface area contributed by atoms with Gasteiger partial charge in [-0.15, -0.1) is 0 Å². The molecule has 1 aliphatic rings. The third kappa shape index (κ3) is 3.44. The molecule has 1 aromatic rings. The Hall–Kier alpha value is -2.09. The van der Waals surface area contributed by atoms with Crippen molar-refractivity contribution in [3.8, 4) is 5.88 Å². The number of amides is 1. The van der Waals surface area contributed by atoms with Crippen LogP contribution in [-0.4, -0.2) is 59.4 Å². The molecule has 0 spiro atoms. The number of aryl methyl sites for hydroxylation is 1. The van der Waals surface area contributed by atoms with E-state index in [-0.39, 0.29) is 31.5 Å². The molecule has 1 atom stereocenters. The van der Waals surface area contributed by atoms with Crippen LogP contribution in [0.25, 0.3) is 0 Å². The minimum atomic E-state index is -1.08. The average molecular weight is 270 g/mol. The fraction of sp³-hybridized carbons (Fsp3) is 0.545. The molecule has 0 saturated carbocycles. The van der Waals surface area contributed by atoms with Crippen LogP contribution in [0.5, 0.6) is 5.88 Å². The summed E-state index contributed by atoms with van der Waals surface area (Å²) in [5, 5.41) is 12.4. The second-order valence-corrected chi connectivity index (χ2v) is 4.10. The van der Waals surface area contributed by atoms with E-state index in [9.17, 15) is 9.59 Å². The van der Waals surface area contributed by atoms with Crippen LogP contribution < -0.4 is 4.74 Å². The molecule has 1 aromatic heterocycles. The van der Waals surface area contributed by atoms with E-state index >= 15 is 0 Å². The summed E-state index contributed by atoms with van der Waals surface area (Å²) in [4.78, 5) is 24.0. The highest BCUT2D eigenvalue weighted by atomic mass is 16.5. The Balaban J connectivity index is 1.84. The van der Waals surface area contributed by atoms with Crippen molar-refractivity contribution in [3.63, 3.8) is 0 Å². The largest absolute Gasteiger partial charge is 0.479 e. The van der Waals surface area contributed by atoms with Gasteiger partial charge in [0.2, 0.25) is 0 Å². The van der Waals surface area contributed by atoms with Crippen LogP contribution in [0.2, 0.25) is 0 Å². The average Bonchev–Trinajstić information content (AvgIpc) is 2.82. The second kappa shape index (κ2) is 5.70. The smallest absolute Gasteiger partial charge is 0.334 e. The highest BCUT2D eigenvalue weighted by Gasteiger charge is 2.29. The summed E-state index contributed by atoms with van der Waals surface area (Å²) in [6.45, 7) is 2.07. The molecule has 1 aliphatic heterocycles. The number of ether oxygens (including phenoxy) is 2. The second-order valence-electron chi connectivity index (χ2n) is 4.10. The Kier molecular flexibility index (Phi) is 4.00. The van der Waals surface area contributed by atoms with E-state index in [2.05, 4.69) is 5.16 Å². The summed E-state index contributed by atoms with van der Waals surface area (Å²) in [7, 11) is 0. The minimum Gasteiger partial charge on any atom is -0.479 e. The zero-order chi connectivity index (χ0) is 13.8. The molecule has 1 unspecified atom stereocenters. The third-order valence-corrected chi connectivity index (χ3v) is 2.64. The van der Waals surface area contributed by atoms with E-state index in [4.69, 9.17) is 19.1 Å². The van der Waals surface area contributed by atoms with Crippen molar-refractivity contribution in [3.05, 3.63) is 11.8 Å². The standard InChI is InChI=1S/C11H14N2O6/c1-7-4-9(12-19-7)18-6-10(14)13-2-3-17-8(5-13)11(15)16/h4,8H,2-3,5-6H2,1H3,(H,15,16). The summed E-state index contributed by atoms with van der Waals surface area (Å²) in [6, 6.07) is 1.56. The Bertz CT molecular complexity index is 472. The summed E-state index contributed by atoms with van der Waals surface area (Å²) < 4.78 is 15.0. The van der Waals surface area contributed by atoms with Crippen LogP contribution in [0, 0.1) is 6.92 Å². The van der Waals surface area contributed by atoms with Crippen LogP contribution in [0.3, 0.4) is 0 Å². The third-order valence-electron chi connectivity index (χ3n) is 2.64. The number of carboxylic acids is 1. The number of carbonyl (C=O) groups excluding carboxylic acids is 1. The molecule has 1 amide bonds. The van der Waals surface area contributed by atoms with Gasteiger partial charge in [-0.2, -0.15) is 0 Å². The van der Waals surface area contributed by atoms with Gasteiger partial charge < -0.3 is 24.0 Å². The SMILES string of the molecule is Cc1cc(OCC(=O)N2CCOC(C(=O)O)C2)no1. The Morgan fingerprint density at radius 3 is 3.05 bits per heavy atom. The number of hydrogen-bond acceptors (Lipinski definition) is 6. The zero-order valence-corrected chi connectivity index (χ0v) is 10.4. The number of nitrogens with zero attached hydrogens (tertiary/aromatic N) is 2. The molecular weight excluding hydrogens is 256 g/mol.